The predicted octanol–water partition coefficient (Wildman–Crippen LogP) is 3.92. The summed E-state index contributed by atoms with van der Waals surface area (Å²) in [5.74, 6) is -0.154. The minimum atomic E-state index is -0.202. The lowest BCUT2D eigenvalue weighted by Gasteiger charge is -2.14. The molecule has 3 rings (SSSR count). The molecule has 0 heterocycles. The van der Waals surface area contributed by atoms with Gasteiger partial charge in [0, 0.05) is 34.6 Å². The first-order chi connectivity index (χ1) is 14.9. The Bertz CT molecular complexity index is 952. The monoisotopic (exact) mass is 422 g/mol. The Morgan fingerprint density at radius 2 is 1.65 bits per heavy atom. The molecule has 1 atom stereocenters. The molecule has 1 unspecified atom stereocenters. The number of amides is 3. The SMILES string of the molecule is CCC(C)NC(=O)c1ccc(NCC(=O)Nc2cccc(NC(=O)C3CC3)c2C)cc1. The Kier molecular flexibility index (Phi) is 7.28. The first kappa shape index (κ1) is 22.3. The number of hydrogen-bond acceptors (Lipinski definition) is 4. The summed E-state index contributed by atoms with van der Waals surface area (Å²) in [6.45, 7) is 5.93. The highest BCUT2D eigenvalue weighted by Crippen LogP contribution is 2.31. The molecule has 1 saturated carbocycles. The standard InChI is InChI=1S/C24H30N4O3/c1-4-15(2)26-23(30)18-10-12-19(13-11-18)25-14-22(29)27-20-6-5-7-21(16(20)3)28-24(31)17-8-9-17/h5-7,10-13,15,17,25H,4,8-9,14H2,1-3H3,(H,26,30)(H,27,29)(H,28,31). The molecule has 164 valence electrons. The molecule has 2 aromatic carbocycles. The Morgan fingerprint density at radius 1 is 1.00 bits per heavy atom. The van der Waals surface area contributed by atoms with Crippen LogP contribution in [0.2, 0.25) is 0 Å². The highest BCUT2D eigenvalue weighted by Gasteiger charge is 2.29. The molecule has 0 saturated heterocycles. The van der Waals surface area contributed by atoms with Gasteiger partial charge in [0.2, 0.25) is 11.8 Å². The van der Waals surface area contributed by atoms with Crippen LogP contribution in [0.15, 0.2) is 42.5 Å². The van der Waals surface area contributed by atoms with Crippen LogP contribution in [-0.4, -0.2) is 30.3 Å². The number of benzene rings is 2. The highest BCUT2D eigenvalue weighted by atomic mass is 16.2. The van der Waals surface area contributed by atoms with Crippen LogP contribution >= 0.6 is 0 Å². The van der Waals surface area contributed by atoms with Crippen LogP contribution in [0.1, 0.15) is 49.0 Å². The van der Waals surface area contributed by atoms with Crippen molar-refractivity contribution < 1.29 is 14.4 Å². The fourth-order valence-electron chi connectivity index (χ4n) is 3.01. The molecule has 1 aliphatic carbocycles. The second-order valence-electron chi connectivity index (χ2n) is 8.00. The lowest BCUT2D eigenvalue weighted by molar-refractivity contribution is -0.117. The largest absolute Gasteiger partial charge is 0.376 e. The lowest BCUT2D eigenvalue weighted by Crippen LogP contribution is -2.31. The number of anilines is 3. The van der Waals surface area contributed by atoms with E-state index < -0.39 is 0 Å². The van der Waals surface area contributed by atoms with E-state index in [0.717, 1.165) is 30.5 Å². The van der Waals surface area contributed by atoms with E-state index in [9.17, 15) is 14.4 Å². The number of rotatable bonds is 9. The summed E-state index contributed by atoms with van der Waals surface area (Å²) in [7, 11) is 0. The van der Waals surface area contributed by atoms with Crippen molar-refractivity contribution in [3.05, 3.63) is 53.6 Å². The van der Waals surface area contributed by atoms with Crippen molar-refractivity contribution in [2.24, 2.45) is 5.92 Å². The maximum atomic E-state index is 12.4. The van der Waals surface area contributed by atoms with Crippen LogP contribution in [0.25, 0.3) is 0 Å². The first-order valence-electron chi connectivity index (χ1n) is 10.7. The van der Waals surface area contributed by atoms with Gasteiger partial charge in [-0.05, 0) is 75.1 Å². The molecule has 7 heteroatoms. The van der Waals surface area contributed by atoms with Crippen molar-refractivity contribution in [1.82, 2.24) is 5.32 Å². The molecule has 0 bridgehead atoms. The molecule has 0 aliphatic heterocycles. The van der Waals surface area contributed by atoms with E-state index in [1.165, 1.54) is 0 Å². The van der Waals surface area contributed by atoms with Crippen molar-refractivity contribution in [2.75, 3.05) is 22.5 Å². The molecular weight excluding hydrogens is 392 g/mol. The van der Waals surface area contributed by atoms with E-state index in [1.807, 2.05) is 39.0 Å². The van der Waals surface area contributed by atoms with Crippen LogP contribution in [0, 0.1) is 12.8 Å². The summed E-state index contributed by atoms with van der Waals surface area (Å²) in [6, 6.07) is 12.6. The van der Waals surface area contributed by atoms with E-state index in [-0.39, 0.29) is 36.2 Å². The normalized spacial score (nSPS) is 13.8. The zero-order chi connectivity index (χ0) is 22.4. The smallest absolute Gasteiger partial charge is 0.251 e. The van der Waals surface area contributed by atoms with Gasteiger partial charge in [0.15, 0.2) is 0 Å². The lowest BCUT2D eigenvalue weighted by atomic mass is 10.1. The molecule has 1 fully saturated rings. The average molecular weight is 423 g/mol. The maximum absolute atomic E-state index is 12.4. The van der Waals surface area contributed by atoms with Crippen molar-refractivity contribution in [3.8, 4) is 0 Å². The summed E-state index contributed by atoms with van der Waals surface area (Å²) in [5, 5.41) is 11.8. The van der Waals surface area contributed by atoms with Gasteiger partial charge in [-0.2, -0.15) is 0 Å². The van der Waals surface area contributed by atoms with Gasteiger partial charge in [0.1, 0.15) is 0 Å². The van der Waals surface area contributed by atoms with Crippen LogP contribution in [0.5, 0.6) is 0 Å². The molecule has 0 radical (unpaired) electrons. The number of carbonyl (C=O) groups excluding carboxylic acids is 3. The van der Waals surface area contributed by atoms with Gasteiger partial charge >= 0.3 is 0 Å². The Labute approximate surface area is 183 Å². The number of nitrogens with one attached hydrogen (secondary N) is 4. The third-order valence-corrected chi connectivity index (χ3v) is 5.40. The fourth-order valence-corrected chi connectivity index (χ4v) is 3.01. The summed E-state index contributed by atoms with van der Waals surface area (Å²) >= 11 is 0. The topological polar surface area (TPSA) is 99.3 Å². The van der Waals surface area contributed by atoms with Crippen molar-refractivity contribution in [3.63, 3.8) is 0 Å². The summed E-state index contributed by atoms with van der Waals surface area (Å²) in [4.78, 5) is 36.6. The van der Waals surface area contributed by atoms with Gasteiger partial charge in [-0.3, -0.25) is 14.4 Å². The van der Waals surface area contributed by atoms with Crippen LogP contribution in [0.4, 0.5) is 17.1 Å². The van der Waals surface area contributed by atoms with E-state index in [0.29, 0.717) is 16.9 Å². The van der Waals surface area contributed by atoms with Crippen LogP contribution in [-0.2, 0) is 9.59 Å². The molecule has 1 aliphatic rings. The Morgan fingerprint density at radius 3 is 2.26 bits per heavy atom. The molecule has 31 heavy (non-hydrogen) atoms. The van der Waals surface area contributed by atoms with Gasteiger partial charge in [-0.1, -0.05) is 13.0 Å². The minimum absolute atomic E-state index is 0.0366. The summed E-state index contributed by atoms with van der Waals surface area (Å²) in [6.07, 6.45) is 2.75. The Balaban J connectivity index is 1.52. The zero-order valence-electron chi connectivity index (χ0n) is 18.2. The van der Waals surface area contributed by atoms with E-state index in [1.54, 1.807) is 24.3 Å². The van der Waals surface area contributed by atoms with Crippen molar-refractivity contribution in [1.29, 1.82) is 0 Å². The fraction of sp³-hybridized carbons (Fsp3) is 0.375. The number of hydrogen-bond donors (Lipinski definition) is 4. The van der Waals surface area contributed by atoms with Crippen molar-refractivity contribution >= 4 is 34.8 Å². The van der Waals surface area contributed by atoms with Crippen LogP contribution < -0.4 is 21.3 Å². The van der Waals surface area contributed by atoms with Gasteiger partial charge in [-0.25, -0.2) is 0 Å². The highest BCUT2D eigenvalue weighted by molar-refractivity contribution is 5.98. The van der Waals surface area contributed by atoms with Gasteiger partial charge in [-0.15, -0.1) is 0 Å². The van der Waals surface area contributed by atoms with E-state index >= 15 is 0 Å². The summed E-state index contributed by atoms with van der Waals surface area (Å²) < 4.78 is 0. The second kappa shape index (κ2) is 10.1. The molecule has 7 nitrogen and oxygen atoms in total. The predicted molar refractivity (Wildman–Crippen MR) is 123 cm³/mol. The molecule has 0 spiro atoms. The third-order valence-electron chi connectivity index (χ3n) is 5.40. The molecule has 2 aromatic rings. The minimum Gasteiger partial charge on any atom is -0.376 e. The van der Waals surface area contributed by atoms with E-state index in [2.05, 4.69) is 21.3 Å². The Hall–Kier alpha value is -3.35. The van der Waals surface area contributed by atoms with Gasteiger partial charge in [0.25, 0.3) is 5.91 Å². The first-order valence-corrected chi connectivity index (χ1v) is 10.7. The average Bonchev–Trinajstić information content (AvgIpc) is 3.61. The van der Waals surface area contributed by atoms with Gasteiger partial charge < -0.3 is 21.3 Å². The molecule has 0 aromatic heterocycles. The molecule has 4 N–H and O–H groups in total. The zero-order valence-corrected chi connectivity index (χ0v) is 18.2. The molecular formula is C24H30N4O3. The van der Waals surface area contributed by atoms with Crippen molar-refractivity contribution in [2.45, 2.75) is 46.1 Å². The second-order valence-corrected chi connectivity index (χ2v) is 8.00. The maximum Gasteiger partial charge on any atom is 0.251 e. The quantitative estimate of drug-likeness (QED) is 0.492. The van der Waals surface area contributed by atoms with Crippen LogP contribution in [0.3, 0.4) is 0 Å². The number of carbonyl (C=O) groups is 3. The molecule has 3 amide bonds. The third kappa shape index (κ3) is 6.31. The summed E-state index contributed by atoms with van der Waals surface area (Å²) in [5.41, 5.74) is 3.53. The van der Waals surface area contributed by atoms with E-state index in [4.69, 9.17) is 0 Å². The van der Waals surface area contributed by atoms with Gasteiger partial charge in [0.05, 0.1) is 6.54 Å².